The molecule has 0 aliphatic carbocycles. The molecule has 1 N–H and O–H groups in total. The molecule has 1 amide bonds. The molecule has 0 bridgehead atoms. The molecule has 1 heterocycles. The molecule has 0 saturated heterocycles. The monoisotopic (exact) mass is 434 g/mol. The van der Waals surface area contributed by atoms with E-state index in [-0.39, 0.29) is 11.4 Å². The Balaban J connectivity index is 1.87. The zero-order chi connectivity index (χ0) is 21.7. The number of nitrogens with zero attached hydrogens (tertiary/aromatic N) is 1. The van der Waals surface area contributed by atoms with Gasteiger partial charge in [0.05, 0.1) is 10.6 Å². The summed E-state index contributed by atoms with van der Waals surface area (Å²) in [6.07, 6.45) is -4.71. The highest BCUT2D eigenvalue weighted by Gasteiger charge is 2.34. The number of esters is 1. The van der Waals surface area contributed by atoms with Crippen LogP contribution >= 0.6 is 11.6 Å². The van der Waals surface area contributed by atoms with Crippen molar-refractivity contribution in [1.29, 1.82) is 0 Å². The van der Waals surface area contributed by atoms with E-state index in [0.717, 1.165) is 6.07 Å². The summed E-state index contributed by atoms with van der Waals surface area (Å²) in [6.45, 7) is 0. The summed E-state index contributed by atoms with van der Waals surface area (Å²) in [5.41, 5.74) is -0.920. The second kappa shape index (κ2) is 8.96. The van der Waals surface area contributed by atoms with Crippen molar-refractivity contribution in [2.45, 2.75) is 12.3 Å². The highest BCUT2D eigenvalue weighted by Crippen LogP contribution is 2.36. The highest BCUT2D eigenvalue weighted by molar-refractivity contribution is 6.31. The number of nitrogens with one attached hydrogen (secondary N) is 1. The molecule has 1 atom stereocenters. The molecule has 0 aliphatic rings. The van der Waals surface area contributed by atoms with Crippen molar-refractivity contribution >= 4 is 29.2 Å². The van der Waals surface area contributed by atoms with Gasteiger partial charge in [0.15, 0.2) is 0 Å². The van der Waals surface area contributed by atoms with E-state index in [1.165, 1.54) is 18.3 Å². The van der Waals surface area contributed by atoms with E-state index >= 15 is 0 Å². The van der Waals surface area contributed by atoms with E-state index in [4.69, 9.17) is 16.3 Å². The summed E-state index contributed by atoms with van der Waals surface area (Å²) in [5, 5.41) is 1.84. The first-order chi connectivity index (χ1) is 14.3. The van der Waals surface area contributed by atoms with E-state index in [9.17, 15) is 22.8 Å². The Morgan fingerprint density at radius 1 is 1.00 bits per heavy atom. The Hall–Kier alpha value is -3.39. The molecule has 0 fully saturated rings. The summed E-state index contributed by atoms with van der Waals surface area (Å²) >= 11 is 5.60. The first-order valence-electron chi connectivity index (χ1n) is 8.60. The van der Waals surface area contributed by atoms with Gasteiger partial charge in [-0.05, 0) is 30.3 Å². The molecular formula is C21H14ClF3N2O3. The molecule has 30 heavy (non-hydrogen) atoms. The third-order valence-corrected chi connectivity index (χ3v) is 4.31. The third kappa shape index (κ3) is 5.15. The molecule has 0 spiro atoms. The number of halogens is 4. The maximum atomic E-state index is 13.1. The van der Waals surface area contributed by atoms with Crippen LogP contribution in [0.3, 0.4) is 0 Å². The topological polar surface area (TPSA) is 68.3 Å². The quantitative estimate of drug-likeness (QED) is 0.554. The minimum absolute atomic E-state index is 0.0166. The summed E-state index contributed by atoms with van der Waals surface area (Å²) in [4.78, 5) is 29.1. The van der Waals surface area contributed by atoms with Crippen LogP contribution in [-0.2, 0) is 15.7 Å². The van der Waals surface area contributed by atoms with E-state index in [0.29, 0.717) is 11.6 Å². The maximum absolute atomic E-state index is 13.1. The zero-order valence-electron chi connectivity index (χ0n) is 15.2. The summed E-state index contributed by atoms with van der Waals surface area (Å²) in [5.74, 6) is -1.69. The van der Waals surface area contributed by atoms with Crippen LogP contribution in [0.15, 0.2) is 72.9 Å². The fraction of sp³-hybridized carbons (Fsp3) is 0.0952. The van der Waals surface area contributed by atoms with Crippen molar-refractivity contribution < 1.29 is 27.5 Å². The van der Waals surface area contributed by atoms with Gasteiger partial charge in [0, 0.05) is 17.4 Å². The summed E-state index contributed by atoms with van der Waals surface area (Å²) in [7, 11) is 0. The lowest BCUT2D eigenvalue weighted by Gasteiger charge is -2.18. The van der Waals surface area contributed by atoms with Gasteiger partial charge in [-0.2, -0.15) is 13.2 Å². The van der Waals surface area contributed by atoms with Crippen molar-refractivity contribution in [3.63, 3.8) is 0 Å². The second-order valence-corrected chi connectivity index (χ2v) is 6.50. The predicted molar refractivity (Wildman–Crippen MR) is 104 cm³/mol. The molecule has 5 nitrogen and oxygen atoms in total. The Kier molecular flexibility index (Phi) is 6.37. The fourth-order valence-electron chi connectivity index (χ4n) is 2.58. The average Bonchev–Trinajstić information content (AvgIpc) is 2.73. The number of aromatic nitrogens is 1. The molecule has 0 radical (unpaired) electrons. The van der Waals surface area contributed by atoms with Gasteiger partial charge in [-0.15, -0.1) is 0 Å². The Bertz CT molecular complexity index is 1040. The first-order valence-corrected chi connectivity index (χ1v) is 8.98. The number of carbonyl (C=O) groups is 2. The third-order valence-electron chi connectivity index (χ3n) is 3.98. The van der Waals surface area contributed by atoms with Crippen LogP contribution < -0.4 is 5.32 Å². The van der Waals surface area contributed by atoms with E-state index in [1.54, 1.807) is 42.5 Å². The lowest BCUT2D eigenvalue weighted by Crippen LogP contribution is -2.26. The number of hydrogen-bond acceptors (Lipinski definition) is 4. The molecule has 9 heteroatoms. The van der Waals surface area contributed by atoms with Gasteiger partial charge in [-0.25, -0.2) is 9.78 Å². The van der Waals surface area contributed by atoms with Crippen molar-refractivity contribution in [1.82, 2.24) is 4.98 Å². The number of benzene rings is 2. The molecule has 0 aliphatic heterocycles. The number of alkyl halides is 3. The van der Waals surface area contributed by atoms with E-state index in [2.05, 4.69) is 10.3 Å². The van der Waals surface area contributed by atoms with Crippen LogP contribution in [0.1, 0.15) is 27.7 Å². The molecule has 3 rings (SSSR count). The van der Waals surface area contributed by atoms with Crippen LogP contribution in [0.2, 0.25) is 5.02 Å². The standard InChI is InChI=1S/C21H14ClF3N2O3/c22-16-10-9-14(12-15(16)21(23,24)25)27-19(28)18(13-6-2-1-3-7-13)30-20(29)17-8-4-5-11-26-17/h1-12,18H,(H,27,28)/t18-/m0/s1. The molecular weight excluding hydrogens is 421 g/mol. The normalized spacial score (nSPS) is 12.1. The van der Waals surface area contributed by atoms with Gasteiger partial charge in [0.2, 0.25) is 6.10 Å². The lowest BCUT2D eigenvalue weighted by atomic mass is 10.1. The van der Waals surface area contributed by atoms with Crippen LogP contribution in [0.4, 0.5) is 18.9 Å². The molecule has 3 aromatic rings. The number of rotatable bonds is 5. The lowest BCUT2D eigenvalue weighted by molar-refractivity contribution is -0.137. The van der Waals surface area contributed by atoms with Crippen LogP contribution in [0.5, 0.6) is 0 Å². The first kappa shape index (κ1) is 21.3. The average molecular weight is 435 g/mol. The van der Waals surface area contributed by atoms with Crippen molar-refractivity contribution in [3.8, 4) is 0 Å². The van der Waals surface area contributed by atoms with Gasteiger partial charge < -0.3 is 10.1 Å². The van der Waals surface area contributed by atoms with Crippen LogP contribution in [-0.4, -0.2) is 16.9 Å². The SMILES string of the molecule is O=C(O[C@H](C(=O)Nc1ccc(Cl)c(C(F)(F)F)c1)c1ccccc1)c1ccccn1. The number of anilines is 1. The summed E-state index contributed by atoms with van der Waals surface area (Å²) < 4.78 is 44.5. The van der Waals surface area contributed by atoms with Crippen molar-refractivity contribution in [2.75, 3.05) is 5.32 Å². The summed E-state index contributed by atoms with van der Waals surface area (Å²) in [6, 6.07) is 15.6. The van der Waals surface area contributed by atoms with E-state index < -0.39 is 34.7 Å². The predicted octanol–water partition coefficient (Wildman–Crippen LogP) is 5.29. The number of pyridine rings is 1. The largest absolute Gasteiger partial charge is 0.443 e. The molecule has 0 unspecified atom stereocenters. The van der Waals surface area contributed by atoms with Gasteiger partial charge in [-0.3, -0.25) is 4.79 Å². The Morgan fingerprint density at radius 3 is 2.33 bits per heavy atom. The number of carbonyl (C=O) groups excluding carboxylic acids is 2. The zero-order valence-corrected chi connectivity index (χ0v) is 15.9. The fourth-order valence-corrected chi connectivity index (χ4v) is 2.80. The number of ether oxygens (including phenoxy) is 1. The van der Waals surface area contributed by atoms with Gasteiger partial charge in [0.1, 0.15) is 5.69 Å². The Labute approximate surface area is 174 Å². The van der Waals surface area contributed by atoms with Crippen LogP contribution in [0, 0.1) is 0 Å². The second-order valence-electron chi connectivity index (χ2n) is 6.09. The van der Waals surface area contributed by atoms with Gasteiger partial charge in [-0.1, -0.05) is 48.0 Å². The highest BCUT2D eigenvalue weighted by atomic mass is 35.5. The molecule has 2 aromatic carbocycles. The van der Waals surface area contributed by atoms with Gasteiger partial charge in [0.25, 0.3) is 5.91 Å². The minimum atomic E-state index is -4.69. The molecule has 154 valence electrons. The van der Waals surface area contributed by atoms with E-state index in [1.807, 2.05) is 0 Å². The molecule has 0 saturated carbocycles. The smallest absolute Gasteiger partial charge is 0.417 e. The number of amides is 1. The molecule has 1 aromatic heterocycles. The minimum Gasteiger partial charge on any atom is -0.443 e. The van der Waals surface area contributed by atoms with Gasteiger partial charge >= 0.3 is 12.1 Å². The number of hydrogen-bond donors (Lipinski definition) is 1. The van der Waals surface area contributed by atoms with Crippen molar-refractivity contribution in [2.24, 2.45) is 0 Å². The maximum Gasteiger partial charge on any atom is 0.417 e. The van der Waals surface area contributed by atoms with Crippen LogP contribution in [0.25, 0.3) is 0 Å². The van der Waals surface area contributed by atoms with Crippen molar-refractivity contribution in [3.05, 3.63) is 94.8 Å². The Morgan fingerprint density at radius 2 is 1.70 bits per heavy atom.